The first-order chi connectivity index (χ1) is 12.5. The first kappa shape index (κ1) is 19.6. The average Bonchev–Trinajstić information content (AvgIpc) is 2.60. The molecule has 0 aliphatic heterocycles. The van der Waals surface area contributed by atoms with E-state index in [-0.39, 0.29) is 36.6 Å². The molecule has 2 aromatic rings. The summed E-state index contributed by atoms with van der Waals surface area (Å²) < 4.78 is 18.9. The molecule has 0 radical (unpaired) electrons. The van der Waals surface area contributed by atoms with E-state index in [1.807, 2.05) is 30.3 Å². The molecule has 138 valence electrons. The summed E-state index contributed by atoms with van der Waals surface area (Å²) in [4.78, 5) is 24.3. The van der Waals surface area contributed by atoms with Gasteiger partial charge in [0.1, 0.15) is 5.82 Å². The minimum Gasteiger partial charge on any atom is -0.463 e. The summed E-state index contributed by atoms with van der Waals surface area (Å²) in [6.07, 6.45) is 0.281. The zero-order valence-electron chi connectivity index (χ0n) is 15.1. The number of carbonyl (C=O) groups is 2. The van der Waals surface area contributed by atoms with Gasteiger partial charge in [-0.15, -0.1) is 0 Å². The third kappa shape index (κ3) is 6.31. The van der Waals surface area contributed by atoms with Gasteiger partial charge in [0.25, 0.3) is 0 Å². The molecule has 1 unspecified atom stereocenters. The van der Waals surface area contributed by atoms with Gasteiger partial charge in [0.15, 0.2) is 0 Å². The van der Waals surface area contributed by atoms with Gasteiger partial charge in [0, 0.05) is 6.42 Å². The van der Waals surface area contributed by atoms with Gasteiger partial charge >= 0.3 is 5.97 Å². The molecule has 0 saturated carbocycles. The molecule has 2 rings (SSSR count). The quantitative estimate of drug-likeness (QED) is 0.728. The fraction of sp³-hybridized carbons (Fsp3) is 0.333. The van der Waals surface area contributed by atoms with Crippen LogP contribution in [0.1, 0.15) is 43.9 Å². The van der Waals surface area contributed by atoms with Gasteiger partial charge in [-0.3, -0.25) is 9.59 Å². The van der Waals surface area contributed by atoms with Crippen molar-refractivity contribution in [2.24, 2.45) is 0 Å². The van der Waals surface area contributed by atoms with Crippen molar-refractivity contribution in [2.45, 2.75) is 45.3 Å². The Bertz CT molecular complexity index is 731. The van der Waals surface area contributed by atoms with Crippen molar-refractivity contribution < 1.29 is 18.7 Å². The fourth-order valence-corrected chi connectivity index (χ4v) is 2.63. The predicted molar refractivity (Wildman–Crippen MR) is 97.9 cm³/mol. The maximum atomic E-state index is 13.7. The molecule has 26 heavy (non-hydrogen) atoms. The van der Waals surface area contributed by atoms with Crippen LogP contribution in [0, 0.1) is 5.82 Å². The standard InChI is InChI=1S/C21H24FNO3/c1-15(2)26-21(25)14-19(17-9-4-3-5-10-17)23-20(24)13-12-16-8-6-7-11-18(16)22/h3-11,15,19H,12-14H2,1-2H3,(H,23,24). The van der Waals surface area contributed by atoms with E-state index >= 15 is 0 Å². The number of halogens is 1. The van der Waals surface area contributed by atoms with Crippen LogP contribution in [0.4, 0.5) is 4.39 Å². The molecule has 4 nitrogen and oxygen atoms in total. The summed E-state index contributed by atoms with van der Waals surface area (Å²) >= 11 is 0. The van der Waals surface area contributed by atoms with Crippen LogP contribution in [-0.2, 0) is 20.7 Å². The Kier molecular flexibility index (Phi) is 7.33. The molecule has 0 spiro atoms. The summed E-state index contributed by atoms with van der Waals surface area (Å²) in [6, 6.07) is 15.2. The van der Waals surface area contributed by atoms with E-state index in [0.29, 0.717) is 12.0 Å². The number of hydrogen-bond donors (Lipinski definition) is 1. The lowest BCUT2D eigenvalue weighted by molar-refractivity contribution is -0.148. The fourth-order valence-electron chi connectivity index (χ4n) is 2.63. The van der Waals surface area contributed by atoms with E-state index in [1.54, 1.807) is 32.0 Å². The molecular formula is C21H24FNO3. The molecular weight excluding hydrogens is 333 g/mol. The number of ether oxygens (including phenoxy) is 1. The highest BCUT2D eigenvalue weighted by Gasteiger charge is 2.20. The Morgan fingerprint density at radius 1 is 1.04 bits per heavy atom. The molecule has 0 saturated heterocycles. The molecule has 0 aliphatic rings. The van der Waals surface area contributed by atoms with Crippen LogP contribution in [-0.4, -0.2) is 18.0 Å². The van der Waals surface area contributed by atoms with E-state index in [2.05, 4.69) is 5.32 Å². The lowest BCUT2D eigenvalue weighted by Crippen LogP contribution is -2.31. The maximum Gasteiger partial charge on any atom is 0.308 e. The van der Waals surface area contributed by atoms with Gasteiger partial charge in [-0.05, 0) is 37.5 Å². The Labute approximate surface area is 153 Å². The highest BCUT2D eigenvalue weighted by atomic mass is 19.1. The average molecular weight is 357 g/mol. The molecule has 2 aromatic carbocycles. The van der Waals surface area contributed by atoms with E-state index in [1.165, 1.54) is 6.07 Å². The third-order valence-corrected chi connectivity index (χ3v) is 3.85. The van der Waals surface area contributed by atoms with Crippen molar-refractivity contribution >= 4 is 11.9 Å². The molecule has 5 heteroatoms. The molecule has 0 aliphatic carbocycles. The van der Waals surface area contributed by atoms with Gasteiger partial charge < -0.3 is 10.1 Å². The van der Waals surface area contributed by atoms with Crippen LogP contribution in [0.3, 0.4) is 0 Å². The van der Waals surface area contributed by atoms with E-state index in [0.717, 1.165) is 5.56 Å². The van der Waals surface area contributed by atoms with Gasteiger partial charge in [-0.1, -0.05) is 48.5 Å². The van der Waals surface area contributed by atoms with Gasteiger partial charge in [0.05, 0.1) is 18.6 Å². The van der Waals surface area contributed by atoms with Crippen molar-refractivity contribution in [2.75, 3.05) is 0 Å². The number of rotatable bonds is 8. The molecule has 1 N–H and O–H groups in total. The number of hydrogen-bond acceptors (Lipinski definition) is 3. The minimum absolute atomic E-state index is 0.0492. The second kappa shape index (κ2) is 9.70. The van der Waals surface area contributed by atoms with Crippen LogP contribution < -0.4 is 5.32 Å². The minimum atomic E-state index is -0.476. The maximum absolute atomic E-state index is 13.7. The van der Waals surface area contributed by atoms with Crippen molar-refractivity contribution in [3.63, 3.8) is 0 Å². The normalized spacial score (nSPS) is 11.8. The number of benzene rings is 2. The van der Waals surface area contributed by atoms with E-state index in [9.17, 15) is 14.0 Å². The zero-order valence-corrected chi connectivity index (χ0v) is 15.1. The van der Waals surface area contributed by atoms with Crippen LogP contribution in [0.15, 0.2) is 54.6 Å². The Morgan fingerprint density at radius 2 is 1.69 bits per heavy atom. The molecule has 1 atom stereocenters. The van der Waals surface area contributed by atoms with Crippen LogP contribution in [0.25, 0.3) is 0 Å². The first-order valence-corrected chi connectivity index (χ1v) is 8.73. The number of esters is 1. The Morgan fingerprint density at radius 3 is 2.35 bits per heavy atom. The van der Waals surface area contributed by atoms with Crippen molar-refractivity contribution in [1.29, 1.82) is 0 Å². The monoisotopic (exact) mass is 357 g/mol. The lowest BCUT2D eigenvalue weighted by Gasteiger charge is -2.19. The van der Waals surface area contributed by atoms with Gasteiger partial charge in [-0.25, -0.2) is 4.39 Å². The Hall–Kier alpha value is -2.69. The van der Waals surface area contributed by atoms with Crippen LogP contribution in [0.2, 0.25) is 0 Å². The SMILES string of the molecule is CC(C)OC(=O)CC(NC(=O)CCc1ccccc1F)c1ccccc1. The zero-order chi connectivity index (χ0) is 18.9. The van der Waals surface area contributed by atoms with Crippen molar-refractivity contribution in [3.05, 3.63) is 71.5 Å². The second-order valence-electron chi connectivity index (χ2n) is 6.36. The molecule has 0 heterocycles. The number of aryl methyl sites for hydroxylation is 1. The number of nitrogens with one attached hydrogen (secondary N) is 1. The van der Waals surface area contributed by atoms with Gasteiger partial charge in [-0.2, -0.15) is 0 Å². The second-order valence-corrected chi connectivity index (χ2v) is 6.36. The molecule has 0 fully saturated rings. The van der Waals surface area contributed by atoms with Crippen molar-refractivity contribution in [3.8, 4) is 0 Å². The molecule has 1 amide bonds. The Balaban J connectivity index is 2.00. The van der Waals surface area contributed by atoms with Crippen LogP contribution in [0.5, 0.6) is 0 Å². The highest BCUT2D eigenvalue weighted by Crippen LogP contribution is 2.18. The third-order valence-electron chi connectivity index (χ3n) is 3.85. The molecule has 0 bridgehead atoms. The lowest BCUT2D eigenvalue weighted by atomic mass is 10.0. The van der Waals surface area contributed by atoms with E-state index < -0.39 is 6.04 Å². The predicted octanol–water partition coefficient (Wildman–Crippen LogP) is 3.96. The van der Waals surface area contributed by atoms with Crippen molar-refractivity contribution in [1.82, 2.24) is 5.32 Å². The first-order valence-electron chi connectivity index (χ1n) is 8.73. The highest BCUT2D eigenvalue weighted by molar-refractivity contribution is 5.78. The summed E-state index contributed by atoms with van der Waals surface area (Å²) in [5.41, 5.74) is 1.32. The summed E-state index contributed by atoms with van der Waals surface area (Å²) in [6.45, 7) is 3.56. The van der Waals surface area contributed by atoms with E-state index in [4.69, 9.17) is 4.74 Å². The summed E-state index contributed by atoms with van der Waals surface area (Å²) in [7, 11) is 0. The number of amides is 1. The summed E-state index contributed by atoms with van der Waals surface area (Å²) in [5, 5.41) is 2.86. The molecule has 0 aromatic heterocycles. The summed E-state index contributed by atoms with van der Waals surface area (Å²) in [5.74, 6) is -0.928. The largest absolute Gasteiger partial charge is 0.463 e. The van der Waals surface area contributed by atoms with Gasteiger partial charge in [0.2, 0.25) is 5.91 Å². The topological polar surface area (TPSA) is 55.4 Å². The van der Waals surface area contributed by atoms with Crippen LogP contribution >= 0.6 is 0 Å². The smallest absolute Gasteiger partial charge is 0.308 e. The number of carbonyl (C=O) groups excluding carboxylic acids is 2.